The fourth-order valence-electron chi connectivity index (χ4n) is 2.24. The minimum Gasteiger partial charge on any atom is -0.478 e. The van der Waals surface area contributed by atoms with Crippen molar-refractivity contribution in [3.63, 3.8) is 0 Å². The summed E-state index contributed by atoms with van der Waals surface area (Å²) >= 11 is 0. The maximum Gasteiger partial charge on any atom is 0.335 e. The highest BCUT2D eigenvalue weighted by Crippen LogP contribution is 2.15. The van der Waals surface area contributed by atoms with Crippen LogP contribution >= 0.6 is 0 Å². The Morgan fingerprint density at radius 1 is 1.33 bits per heavy atom. The van der Waals surface area contributed by atoms with Crippen molar-refractivity contribution in [2.75, 3.05) is 14.2 Å². The van der Waals surface area contributed by atoms with E-state index in [9.17, 15) is 9.59 Å². The lowest BCUT2D eigenvalue weighted by Gasteiger charge is -2.27. The molecule has 0 saturated heterocycles. The fraction of sp³-hybridized carbons (Fsp3) is 0.500. The molecule has 1 aromatic carbocycles. The first-order valence-corrected chi connectivity index (χ1v) is 6.95. The summed E-state index contributed by atoms with van der Waals surface area (Å²) in [6, 6.07) is 6.42. The molecule has 21 heavy (non-hydrogen) atoms. The Hall–Kier alpha value is -1.88. The van der Waals surface area contributed by atoms with E-state index in [1.807, 2.05) is 18.0 Å². The Morgan fingerprint density at radius 2 is 2.00 bits per heavy atom. The van der Waals surface area contributed by atoms with Gasteiger partial charge in [-0.15, -0.1) is 0 Å². The van der Waals surface area contributed by atoms with Crippen molar-refractivity contribution in [1.29, 1.82) is 0 Å². The number of carboxylic acids is 1. The lowest BCUT2D eigenvalue weighted by Crippen LogP contribution is -2.39. The van der Waals surface area contributed by atoms with E-state index >= 15 is 0 Å². The number of ether oxygens (including phenoxy) is 1. The molecular weight excluding hydrogens is 270 g/mol. The topological polar surface area (TPSA) is 66.8 Å². The summed E-state index contributed by atoms with van der Waals surface area (Å²) in [7, 11) is 3.23. The Kier molecular flexibility index (Phi) is 6.37. The van der Waals surface area contributed by atoms with E-state index in [4.69, 9.17) is 9.84 Å². The van der Waals surface area contributed by atoms with Crippen LogP contribution in [0.25, 0.3) is 0 Å². The van der Waals surface area contributed by atoms with E-state index in [-0.39, 0.29) is 17.6 Å². The highest BCUT2D eigenvalue weighted by Gasteiger charge is 2.25. The van der Waals surface area contributed by atoms with Crippen molar-refractivity contribution in [3.05, 3.63) is 35.4 Å². The molecule has 1 atom stereocenters. The van der Waals surface area contributed by atoms with Gasteiger partial charge < -0.3 is 9.84 Å². The van der Waals surface area contributed by atoms with Crippen LogP contribution in [0.15, 0.2) is 24.3 Å². The second-order valence-electron chi connectivity index (χ2n) is 5.59. The normalized spacial score (nSPS) is 12.5. The van der Waals surface area contributed by atoms with E-state index in [0.29, 0.717) is 18.9 Å². The number of likely N-dealkylation sites (N-methyl/N-ethyl adjacent to an activating group) is 1. The molecule has 0 amide bonds. The molecule has 0 aromatic heterocycles. The van der Waals surface area contributed by atoms with Gasteiger partial charge in [0.2, 0.25) is 0 Å². The summed E-state index contributed by atoms with van der Waals surface area (Å²) in [4.78, 5) is 24.8. The van der Waals surface area contributed by atoms with Gasteiger partial charge in [0, 0.05) is 6.54 Å². The third kappa shape index (κ3) is 5.19. The Bertz CT molecular complexity index is 499. The molecule has 116 valence electrons. The summed E-state index contributed by atoms with van der Waals surface area (Å²) in [5.74, 6) is -0.853. The van der Waals surface area contributed by atoms with Crippen LogP contribution in [0.5, 0.6) is 0 Å². The second kappa shape index (κ2) is 7.78. The predicted molar refractivity (Wildman–Crippen MR) is 80.1 cm³/mol. The van der Waals surface area contributed by atoms with E-state index in [0.717, 1.165) is 5.56 Å². The van der Waals surface area contributed by atoms with Crippen LogP contribution in [0.3, 0.4) is 0 Å². The number of nitrogens with zero attached hydrogens (tertiary/aromatic N) is 1. The summed E-state index contributed by atoms with van der Waals surface area (Å²) in [6.07, 6.45) is 0.696. The van der Waals surface area contributed by atoms with Gasteiger partial charge in [-0.05, 0) is 37.1 Å². The van der Waals surface area contributed by atoms with Crippen LogP contribution in [0.1, 0.15) is 36.2 Å². The highest BCUT2D eigenvalue weighted by molar-refractivity contribution is 5.87. The monoisotopic (exact) mass is 293 g/mol. The van der Waals surface area contributed by atoms with Crippen molar-refractivity contribution in [3.8, 4) is 0 Å². The maximum absolute atomic E-state index is 11.9. The molecule has 0 aliphatic rings. The number of rotatable bonds is 7. The average Bonchev–Trinajstić information content (AvgIpc) is 2.43. The van der Waals surface area contributed by atoms with Gasteiger partial charge in [-0.1, -0.05) is 26.0 Å². The summed E-state index contributed by atoms with van der Waals surface area (Å²) in [5.41, 5.74) is 1.11. The molecule has 1 rings (SSSR count). The van der Waals surface area contributed by atoms with Crippen molar-refractivity contribution in [2.45, 2.75) is 32.9 Å². The number of carbonyl (C=O) groups excluding carboxylic acids is 1. The van der Waals surface area contributed by atoms with Gasteiger partial charge in [0.1, 0.15) is 6.04 Å². The smallest absolute Gasteiger partial charge is 0.335 e. The van der Waals surface area contributed by atoms with E-state index < -0.39 is 5.97 Å². The lowest BCUT2D eigenvalue weighted by atomic mass is 10.0. The zero-order chi connectivity index (χ0) is 16.0. The molecule has 1 aromatic rings. The average molecular weight is 293 g/mol. The summed E-state index contributed by atoms with van der Waals surface area (Å²) < 4.78 is 4.86. The van der Waals surface area contributed by atoms with Gasteiger partial charge in [-0.25, -0.2) is 4.79 Å². The number of hydrogen-bond acceptors (Lipinski definition) is 4. The molecule has 0 saturated carbocycles. The van der Waals surface area contributed by atoms with Gasteiger partial charge in [0.15, 0.2) is 0 Å². The van der Waals surface area contributed by atoms with Gasteiger partial charge in [-0.3, -0.25) is 9.69 Å². The molecule has 0 aliphatic carbocycles. The Labute approximate surface area is 125 Å². The van der Waals surface area contributed by atoms with Crippen molar-refractivity contribution < 1.29 is 19.4 Å². The quantitative estimate of drug-likeness (QED) is 0.782. The molecular formula is C16H23NO4. The number of carbonyl (C=O) groups is 2. The number of hydrogen-bond donors (Lipinski definition) is 1. The molecule has 0 aliphatic heterocycles. The third-order valence-corrected chi connectivity index (χ3v) is 3.31. The van der Waals surface area contributed by atoms with Crippen molar-refractivity contribution in [2.24, 2.45) is 5.92 Å². The zero-order valence-corrected chi connectivity index (χ0v) is 13.0. The van der Waals surface area contributed by atoms with Crippen LogP contribution in [0, 0.1) is 5.92 Å². The number of benzene rings is 1. The van der Waals surface area contributed by atoms with Gasteiger partial charge in [-0.2, -0.15) is 0 Å². The first kappa shape index (κ1) is 17.2. The third-order valence-electron chi connectivity index (χ3n) is 3.31. The van der Waals surface area contributed by atoms with Crippen molar-refractivity contribution in [1.82, 2.24) is 4.90 Å². The molecule has 5 heteroatoms. The number of carboxylic acid groups (broad SMARTS) is 1. The molecule has 0 bridgehead atoms. The van der Waals surface area contributed by atoms with Gasteiger partial charge in [0.05, 0.1) is 12.7 Å². The molecule has 0 fully saturated rings. The molecule has 1 N–H and O–H groups in total. The SMILES string of the molecule is COC(=O)[C@H](CC(C)C)N(C)Cc1cccc(C(=O)O)c1. The van der Waals surface area contributed by atoms with Crippen LogP contribution in [0.4, 0.5) is 0 Å². The van der Waals surface area contributed by atoms with E-state index in [1.165, 1.54) is 7.11 Å². The molecule has 0 heterocycles. The first-order chi connectivity index (χ1) is 9.85. The van der Waals surface area contributed by atoms with E-state index in [2.05, 4.69) is 13.8 Å². The largest absolute Gasteiger partial charge is 0.478 e. The zero-order valence-electron chi connectivity index (χ0n) is 13.0. The van der Waals surface area contributed by atoms with Crippen LogP contribution in [-0.2, 0) is 16.1 Å². The van der Waals surface area contributed by atoms with Crippen molar-refractivity contribution >= 4 is 11.9 Å². The molecule has 5 nitrogen and oxygen atoms in total. The summed E-state index contributed by atoms with van der Waals surface area (Å²) in [6.45, 7) is 4.59. The minimum atomic E-state index is -0.953. The number of methoxy groups -OCH3 is 1. The predicted octanol–water partition coefficient (Wildman–Crippen LogP) is 2.40. The number of aromatic carboxylic acids is 1. The molecule has 0 spiro atoms. The van der Waals surface area contributed by atoms with Crippen LogP contribution in [-0.4, -0.2) is 42.1 Å². The second-order valence-corrected chi connectivity index (χ2v) is 5.59. The van der Waals surface area contributed by atoms with Gasteiger partial charge >= 0.3 is 11.9 Å². The Balaban J connectivity index is 2.85. The van der Waals surface area contributed by atoms with Crippen LogP contribution < -0.4 is 0 Å². The van der Waals surface area contributed by atoms with E-state index in [1.54, 1.807) is 18.2 Å². The van der Waals surface area contributed by atoms with Gasteiger partial charge in [0.25, 0.3) is 0 Å². The maximum atomic E-state index is 11.9. The minimum absolute atomic E-state index is 0.249. The summed E-state index contributed by atoms with van der Waals surface area (Å²) in [5, 5.41) is 9.01. The standard InChI is InChI=1S/C16H23NO4/c1-11(2)8-14(16(20)21-4)17(3)10-12-6-5-7-13(9-12)15(18)19/h5-7,9,11,14H,8,10H2,1-4H3,(H,18,19)/t14-/m0/s1. The fourth-order valence-corrected chi connectivity index (χ4v) is 2.24. The molecule has 0 radical (unpaired) electrons. The first-order valence-electron chi connectivity index (χ1n) is 6.95. The van der Waals surface area contributed by atoms with Crippen LogP contribution in [0.2, 0.25) is 0 Å². The lowest BCUT2D eigenvalue weighted by molar-refractivity contribution is -0.147. The number of esters is 1. The highest BCUT2D eigenvalue weighted by atomic mass is 16.5. The Morgan fingerprint density at radius 3 is 2.52 bits per heavy atom. The molecule has 0 unspecified atom stereocenters.